The number of nitrogens with one attached hydrogen (secondary N) is 1. The molecule has 0 saturated heterocycles. The molecule has 18 heavy (non-hydrogen) atoms. The van der Waals surface area contributed by atoms with Gasteiger partial charge in [0.05, 0.1) is 6.04 Å². The normalized spacial score (nSPS) is 12.4. The van der Waals surface area contributed by atoms with E-state index in [2.05, 4.69) is 55.3 Å². The largest absolute Gasteiger partial charge is 0.309 e. The molecule has 0 saturated carbocycles. The summed E-state index contributed by atoms with van der Waals surface area (Å²) in [4.78, 5) is 4.30. The molecule has 0 aliphatic carbocycles. The molecular weight excluding hydrogens is 220 g/mol. The first kappa shape index (κ1) is 12.8. The zero-order valence-corrected chi connectivity index (χ0v) is 11.5. The van der Waals surface area contributed by atoms with Gasteiger partial charge in [-0.25, -0.2) is 0 Å². The number of aromatic nitrogens is 1. The average Bonchev–Trinajstić information content (AvgIpc) is 2.34. The van der Waals surface area contributed by atoms with Gasteiger partial charge in [0.15, 0.2) is 0 Å². The Hall–Kier alpha value is -1.67. The third-order valence-electron chi connectivity index (χ3n) is 3.35. The molecule has 1 atom stereocenters. The van der Waals surface area contributed by atoms with Gasteiger partial charge in [-0.15, -0.1) is 0 Å². The van der Waals surface area contributed by atoms with Crippen molar-refractivity contribution in [2.75, 3.05) is 7.05 Å². The minimum atomic E-state index is 0.207. The third-order valence-corrected chi connectivity index (χ3v) is 3.35. The molecule has 0 aliphatic rings. The molecule has 0 fully saturated rings. The second-order valence-corrected chi connectivity index (χ2v) is 4.82. The molecule has 1 heterocycles. The number of hydrogen-bond donors (Lipinski definition) is 1. The summed E-state index contributed by atoms with van der Waals surface area (Å²) >= 11 is 0. The third kappa shape index (κ3) is 2.44. The van der Waals surface area contributed by atoms with E-state index in [9.17, 15) is 0 Å². The number of aryl methyl sites for hydroxylation is 3. The van der Waals surface area contributed by atoms with Gasteiger partial charge in [-0.1, -0.05) is 24.3 Å². The van der Waals surface area contributed by atoms with E-state index in [4.69, 9.17) is 0 Å². The van der Waals surface area contributed by atoms with Gasteiger partial charge in [0.1, 0.15) is 0 Å². The summed E-state index contributed by atoms with van der Waals surface area (Å²) in [6.07, 6.45) is 3.83. The van der Waals surface area contributed by atoms with Gasteiger partial charge in [-0.05, 0) is 55.6 Å². The fourth-order valence-electron chi connectivity index (χ4n) is 2.50. The molecule has 1 N–H and O–H groups in total. The van der Waals surface area contributed by atoms with E-state index in [-0.39, 0.29) is 6.04 Å². The summed E-state index contributed by atoms with van der Waals surface area (Å²) in [5, 5.41) is 3.40. The Bertz CT molecular complexity index is 526. The van der Waals surface area contributed by atoms with E-state index in [1.54, 1.807) is 0 Å². The maximum Gasteiger partial charge on any atom is 0.0594 e. The van der Waals surface area contributed by atoms with Crippen LogP contribution in [0.25, 0.3) is 0 Å². The van der Waals surface area contributed by atoms with Gasteiger partial charge in [0.2, 0.25) is 0 Å². The van der Waals surface area contributed by atoms with Crippen molar-refractivity contribution in [1.82, 2.24) is 10.3 Å². The number of pyridine rings is 1. The molecule has 0 aliphatic heterocycles. The molecule has 94 valence electrons. The summed E-state index contributed by atoms with van der Waals surface area (Å²) in [7, 11) is 2.00. The number of rotatable bonds is 3. The highest BCUT2D eigenvalue weighted by Gasteiger charge is 2.16. The van der Waals surface area contributed by atoms with E-state index in [0.29, 0.717) is 0 Å². The topological polar surface area (TPSA) is 24.9 Å². The molecule has 0 spiro atoms. The fourth-order valence-corrected chi connectivity index (χ4v) is 2.50. The molecule has 2 heteroatoms. The van der Waals surface area contributed by atoms with E-state index >= 15 is 0 Å². The van der Waals surface area contributed by atoms with Crippen LogP contribution in [0.5, 0.6) is 0 Å². The van der Waals surface area contributed by atoms with Crippen LogP contribution in [0.4, 0.5) is 0 Å². The summed E-state index contributed by atoms with van der Waals surface area (Å²) in [5.41, 5.74) is 6.40. The molecule has 1 aromatic heterocycles. The highest BCUT2D eigenvalue weighted by Crippen LogP contribution is 2.27. The molecular formula is C16H20N2. The molecule has 2 aromatic rings. The Labute approximate surface area is 109 Å². The van der Waals surface area contributed by atoms with Crippen LogP contribution < -0.4 is 5.32 Å². The average molecular weight is 240 g/mol. The second-order valence-electron chi connectivity index (χ2n) is 4.82. The standard InChI is InChI=1S/C16H20N2/c1-11-8-14(10-18-9-11)16(17-4)15-12(2)6-5-7-13(15)3/h5-10,16-17H,1-4H3. The molecule has 2 rings (SSSR count). The van der Waals surface area contributed by atoms with E-state index in [1.165, 1.54) is 27.8 Å². The lowest BCUT2D eigenvalue weighted by molar-refractivity contribution is 0.679. The maximum absolute atomic E-state index is 4.30. The van der Waals surface area contributed by atoms with Crippen molar-refractivity contribution in [3.63, 3.8) is 0 Å². The van der Waals surface area contributed by atoms with E-state index in [1.807, 2.05) is 19.4 Å². The Morgan fingerprint density at radius 2 is 1.72 bits per heavy atom. The Morgan fingerprint density at radius 1 is 1.06 bits per heavy atom. The van der Waals surface area contributed by atoms with Gasteiger partial charge in [-0.2, -0.15) is 0 Å². The van der Waals surface area contributed by atoms with Crippen LogP contribution in [0.3, 0.4) is 0 Å². The van der Waals surface area contributed by atoms with E-state index < -0.39 is 0 Å². The molecule has 1 aromatic carbocycles. The molecule has 2 nitrogen and oxygen atoms in total. The van der Waals surface area contributed by atoms with Crippen molar-refractivity contribution in [2.24, 2.45) is 0 Å². The second kappa shape index (κ2) is 5.32. The Morgan fingerprint density at radius 3 is 2.28 bits per heavy atom. The van der Waals surface area contributed by atoms with Gasteiger partial charge >= 0.3 is 0 Å². The van der Waals surface area contributed by atoms with Crippen molar-refractivity contribution >= 4 is 0 Å². The lowest BCUT2D eigenvalue weighted by Gasteiger charge is -2.21. The van der Waals surface area contributed by atoms with Gasteiger partial charge in [0.25, 0.3) is 0 Å². The van der Waals surface area contributed by atoms with Crippen molar-refractivity contribution in [3.8, 4) is 0 Å². The lowest BCUT2D eigenvalue weighted by Crippen LogP contribution is -2.20. The first-order chi connectivity index (χ1) is 8.63. The molecule has 0 bridgehead atoms. The van der Waals surface area contributed by atoms with Crippen molar-refractivity contribution < 1.29 is 0 Å². The fraction of sp³-hybridized carbons (Fsp3) is 0.312. The smallest absolute Gasteiger partial charge is 0.0594 e. The van der Waals surface area contributed by atoms with Crippen LogP contribution in [0.15, 0.2) is 36.7 Å². The Balaban J connectivity index is 2.52. The summed E-state index contributed by atoms with van der Waals surface area (Å²) in [5.74, 6) is 0. The molecule has 1 unspecified atom stereocenters. The predicted molar refractivity (Wildman–Crippen MR) is 75.8 cm³/mol. The maximum atomic E-state index is 4.30. The highest BCUT2D eigenvalue weighted by atomic mass is 14.9. The number of hydrogen-bond acceptors (Lipinski definition) is 2. The lowest BCUT2D eigenvalue weighted by atomic mass is 9.92. The minimum Gasteiger partial charge on any atom is -0.309 e. The van der Waals surface area contributed by atoms with Crippen LogP contribution in [0, 0.1) is 20.8 Å². The van der Waals surface area contributed by atoms with Crippen LogP contribution in [-0.2, 0) is 0 Å². The van der Waals surface area contributed by atoms with Crippen molar-refractivity contribution in [3.05, 3.63) is 64.5 Å². The SMILES string of the molecule is CNC(c1cncc(C)c1)c1c(C)cccc1C. The summed E-state index contributed by atoms with van der Waals surface area (Å²) < 4.78 is 0. The number of nitrogens with zero attached hydrogens (tertiary/aromatic N) is 1. The van der Waals surface area contributed by atoms with Crippen molar-refractivity contribution in [2.45, 2.75) is 26.8 Å². The quantitative estimate of drug-likeness (QED) is 0.890. The van der Waals surface area contributed by atoms with Crippen LogP contribution in [0.1, 0.15) is 33.9 Å². The summed E-state index contributed by atoms with van der Waals surface area (Å²) in [6.45, 7) is 6.40. The highest BCUT2D eigenvalue weighted by molar-refractivity contribution is 5.41. The Kier molecular flexibility index (Phi) is 3.78. The minimum absolute atomic E-state index is 0.207. The zero-order chi connectivity index (χ0) is 13.1. The van der Waals surface area contributed by atoms with Crippen LogP contribution >= 0.6 is 0 Å². The van der Waals surface area contributed by atoms with Crippen LogP contribution in [-0.4, -0.2) is 12.0 Å². The summed E-state index contributed by atoms with van der Waals surface area (Å²) in [6, 6.07) is 8.83. The molecule has 0 amide bonds. The predicted octanol–water partition coefficient (Wildman–Crippen LogP) is 3.32. The first-order valence-electron chi connectivity index (χ1n) is 6.28. The zero-order valence-electron chi connectivity index (χ0n) is 11.5. The molecule has 0 radical (unpaired) electrons. The van der Waals surface area contributed by atoms with Gasteiger partial charge in [0, 0.05) is 12.4 Å². The van der Waals surface area contributed by atoms with Crippen LogP contribution in [0.2, 0.25) is 0 Å². The van der Waals surface area contributed by atoms with Crippen molar-refractivity contribution in [1.29, 1.82) is 0 Å². The van der Waals surface area contributed by atoms with Gasteiger partial charge in [-0.3, -0.25) is 4.98 Å². The number of benzene rings is 1. The monoisotopic (exact) mass is 240 g/mol. The van der Waals surface area contributed by atoms with Gasteiger partial charge < -0.3 is 5.32 Å². The van der Waals surface area contributed by atoms with E-state index in [0.717, 1.165) is 0 Å². The first-order valence-corrected chi connectivity index (χ1v) is 6.28.